The molecule has 6 nitrogen and oxygen atoms in total. The van der Waals surface area contributed by atoms with Crippen LogP contribution in [0.25, 0.3) is 11.1 Å². The Kier molecular flexibility index (Phi) is 6.17. The molecule has 0 saturated heterocycles. The summed E-state index contributed by atoms with van der Waals surface area (Å²) in [5, 5.41) is 2.94. The SMILES string of the molecule is COC(=O)/C=C(/Nc1cc(OC)ccc1-c1ccccc1)C(=O)OC. The van der Waals surface area contributed by atoms with Gasteiger partial charge >= 0.3 is 11.9 Å². The van der Waals surface area contributed by atoms with E-state index in [4.69, 9.17) is 9.47 Å². The van der Waals surface area contributed by atoms with Gasteiger partial charge in [0.1, 0.15) is 11.4 Å². The van der Waals surface area contributed by atoms with E-state index < -0.39 is 11.9 Å². The Balaban J connectivity index is 2.49. The molecular weight excluding hydrogens is 322 g/mol. The smallest absolute Gasteiger partial charge is 0.354 e. The molecular formula is C19H19NO5. The summed E-state index contributed by atoms with van der Waals surface area (Å²) in [6.45, 7) is 0. The zero-order valence-electron chi connectivity index (χ0n) is 14.2. The molecule has 0 aliphatic heterocycles. The summed E-state index contributed by atoms with van der Waals surface area (Å²) < 4.78 is 14.6. The van der Waals surface area contributed by atoms with Gasteiger partial charge < -0.3 is 19.5 Å². The number of carbonyl (C=O) groups is 2. The minimum Gasteiger partial charge on any atom is -0.497 e. The monoisotopic (exact) mass is 341 g/mol. The third-order valence-electron chi connectivity index (χ3n) is 3.45. The zero-order chi connectivity index (χ0) is 18.2. The fourth-order valence-corrected chi connectivity index (χ4v) is 2.20. The van der Waals surface area contributed by atoms with Gasteiger partial charge in [-0.2, -0.15) is 0 Å². The number of nitrogens with one attached hydrogen (secondary N) is 1. The summed E-state index contributed by atoms with van der Waals surface area (Å²) in [4.78, 5) is 23.5. The number of anilines is 1. The van der Waals surface area contributed by atoms with E-state index >= 15 is 0 Å². The lowest BCUT2D eigenvalue weighted by Gasteiger charge is -2.15. The molecule has 0 aliphatic rings. The zero-order valence-corrected chi connectivity index (χ0v) is 14.2. The molecule has 0 aliphatic carbocycles. The molecule has 0 unspecified atom stereocenters. The first-order valence-corrected chi connectivity index (χ1v) is 7.47. The fourth-order valence-electron chi connectivity index (χ4n) is 2.20. The van der Waals surface area contributed by atoms with Crippen molar-refractivity contribution in [3.8, 4) is 16.9 Å². The molecule has 2 aromatic rings. The van der Waals surface area contributed by atoms with Crippen LogP contribution in [-0.4, -0.2) is 33.3 Å². The van der Waals surface area contributed by atoms with Crippen LogP contribution in [0.15, 0.2) is 60.3 Å². The Hall–Kier alpha value is -3.28. The maximum Gasteiger partial charge on any atom is 0.354 e. The van der Waals surface area contributed by atoms with Gasteiger partial charge in [0.25, 0.3) is 0 Å². The normalized spacial score (nSPS) is 10.8. The number of hydrogen-bond acceptors (Lipinski definition) is 6. The van der Waals surface area contributed by atoms with Crippen LogP contribution in [-0.2, 0) is 19.1 Å². The Labute approximate surface area is 146 Å². The van der Waals surface area contributed by atoms with Gasteiger partial charge in [0.2, 0.25) is 0 Å². The van der Waals surface area contributed by atoms with Crippen molar-refractivity contribution >= 4 is 17.6 Å². The van der Waals surface area contributed by atoms with Gasteiger partial charge in [-0.15, -0.1) is 0 Å². The number of rotatable bonds is 6. The second-order valence-electron chi connectivity index (χ2n) is 4.98. The maximum absolute atomic E-state index is 12.0. The van der Waals surface area contributed by atoms with E-state index in [-0.39, 0.29) is 5.70 Å². The van der Waals surface area contributed by atoms with Gasteiger partial charge in [0.05, 0.1) is 33.1 Å². The molecule has 2 aromatic carbocycles. The average Bonchev–Trinajstić information content (AvgIpc) is 2.67. The van der Waals surface area contributed by atoms with Gasteiger partial charge in [-0.05, 0) is 17.7 Å². The van der Waals surface area contributed by atoms with E-state index in [0.717, 1.165) is 17.2 Å². The van der Waals surface area contributed by atoms with E-state index in [0.29, 0.717) is 11.4 Å². The van der Waals surface area contributed by atoms with Gasteiger partial charge in [-0.1, -0.05) is 30.3 Å². The Morgan fingerprint density at radius 2 is 1.68 bits per heavy atom. The van der Waals surface area contributed by atoms with Crippen LogP contribution in [0.4, 0.5) is 5.69 Å². The molecule has 0 spiro atoms. The summed E-state index contributed by atoms with van der Waals surface area (Å²) in [6.07, 6.45) is 1.04. The number of esters is 2. The van der Waals surface area contributed by atoms with Crippen LogP contribution in [0.5, 0.6) is 5.75 Å². The maximum atomic E-state index is 12.0. The van der Waals surface area contributed by atoms with E-state index in [1.807, 2.05) is 42.5 Å². The molecule has 0 heterocycles. The van der Waals surface area contributed by atoms with Crippen LogP contribution in [0.2, 0.25) is 0 Å². The number of benzene rings is 2. The van der Waals surface area contributed by atoms with Crippen LogP contribution >= 0.6 is 0 Å². The van der Waals surface area contributed by atoms with Gasteiger partial charge in [0, 0.05) is 11.6 Å². The topological polar surface area (TPSA) is 73.9 Å². The highest BCUT2D eigenvalue weighted by Gasteiger charge is 2.16. The van der Waals surface area contributed by atoms with E-state index in [2.05, 4.69) is 10.1 Å². The summed E-state index contributed by atoms with van der Waals surface area (Å²) in [7, 11) is 4.01. The summed E-state index contributed by atoms with van der Waals surface area (Å²) in [5.41, 5.74) is 2.32. The van der Waals surface area contributed by atoms with Crippen molar-refractivity contribution < 1.29 is 23.8 Å². The van der Waals surface area contributed by atoms with E-state index in [9.17, 15) is 9.59 Å². The highest BCUT2D eigenvalue weighted by atomic mass is 16.5. The largest absolute Gasteiger partial charge is 0.497 e. The Morgan fingerprint density at radius 3 is 2.28 bits per heavy atom. The standard InChI is InChI=1S/C19H19NO5/c1-23-14-9-10-15(13-7-5-4-6-8-13)16(11-14)20-17(19(22)25-3)12-18(21)24-2/h4-12,20H,1-3H3/b17-12+. The minimum absolute atomic E-state index is 0.0419. The fraction of sp³-hybridized carbons (Fsp3) is 0.158. The second-order valence-corrected chi connectivity index (χ2v) is 4.98. The number of carbonyl (C=O) groups excluding carboxylic acids is 2. The lowest BCUT2D eigenvalue weighted by atomic mass is 10.0. The Bertz CT molecular complexity index is 784. The molecule has 0 aromatic heterocycles. The van der Waals surface area contributed by atoms with Gasteiger partial charge in [0.15, 0.2) is 0 Å². The minimum atomic E-state index is -0.688. The summed E-state index contributed by atoms with van der Waals surface area (Å²) in [6, 6.07) is 15.0. The third-order valence-corrected chi connectivity index (χ3v) is 3.45. The van der Waals surface area contributed by atoms with Crippen molar-refractivity contribution in [1.82, 2.24) is 0 Å². The lowest BCUT2D eigenvalue weighted by Crippen LogP contribution is -2.16. The molecule has 6 heteroatoms. The van der Waals surface area contributed by atoms with Crippen molar-refractivity contribution in [2.24, 2.45) is 0 Å². The molecule has 0 amide bonds. The lowest BCUT2D eigenvalue weighted by molar-refractivity contribution is -0.138. The quantitative estimate of drug-likeness (QED) is 0.643. The molecule has 0 atom stereocenters. The van der Waals surface area contributed by atoms with Gasteiger partial charge in [-0.3, -0.25) is 0 Å². The average molecular weight is 341 g/mol. The van der Waals surface area contributed by atoms with E-state index in [1.54, 1.807) is 13.2 Å². The van der Waals surface area contributed by atoms with Crippen molar-refractivity contribution in [2.75, 3.05) is 26.6 Å². The molecule has 2 rings (SSSR count). The number of hydrogen-bond donors (Lipinski definition) is 1. The number of methoxy groups -OCH3 is 3. The van der Waals surface area contributed by atoms with E-state index in [1.165, 1.54) is 14.2 Å². The molecule has 0 fully saturated rings. The van der Waals surface area contributed by atoms with Crippen LogP contribution in [0.3, 0.4) is 0 Å². The van der Waals surface area contributed by atoms with Crippen molar-refractivity contribution in [3.63, 3.8) is 0 Å². The molecule has 25 heavy (non-hydrogen) atoms. The summed E-state index contributed by atoms with van der Waals surface area (Å²) >= 11 is 0. The van der Waals surface area contributed by atoms with Crippen LogP contribution in [0, 0.1) is 0 Å². The Morgan fingerprint density at radius 1 is 0.960 bits per heavy atom. The molecule has 130 valence electrons. The van der Waals surface area contributed by atoms with Crippen molar-refractivity contribution in [3.05, 3.63) is 60.3 Å². The highest BCUT2D eigenvalue weighted by molar-refractivity contribution is 5.99. The number of ether oxygens (including phenoxy) is 3. The molecule has 0 radical (unpaired) electrons. The summed E-state index contributed by atoms with van der Waals surface area (Å²) in [5.74, 6) is -0.756. The molecule has 0 saturated carbocycles. The van der Waals surface area contributed by atoms with Crippen molar-refractivity contribution in [1.29, 1.82) is 0 Å². The highest BCUT2D eigenvalue weighted by Crippen LogP contribution is 2.32. The first-order valence-electron chi connectivity index (χ1n) is 7.47. The molecule has 1 N–H and O–H groups in total. The molecule has 0 bridgehead atoms. The predicted molar refractivity (Wildman–Crippen MR) is 94.2 cm³/mol. The predicted octanol–water partition coefficient (Wildman–Crippen LogP) is 3.00. The van der Waals surface area contributed by atoms with Gasteiger partial charge in [-0.25, -0.2) is 9.59 Å². The van der Waals surface area contributed by atoms with Crippen LogP contribution < -0.4 is 10.1 Å². The van der Waals surface area contributed by atoms with Crippen LogP contribution in [0.1, 0.15) is 0 Å². The second kappa shape index (κ2) is 8.54. The first-order chi connectivity index (χ1) is 12.1. The first kappa shape index (κ1) is 18.1. The van der Waals surface area contributed by atoms with Crippen molar-refractivity contribution in [2.45, 2.75) is 0 Å². The third kappa shape index (κ3) is 4.60.